The van der Waals surface area contributed by atoms with Gasteiger partial charge in [0.15, 0.2) is 0 Å². The molecule has 0 aromatic heterocycles. The van der Waals surface area contributed by atoms with E-state index in [1.54, 1.807) is 18.2 Å². The molecule has 0 fully saturated rings. The standard InChI is InChI=1S/C16H18ClNO5S/c1-21-12-6-11(7-13(8-12)22-2)10-18-24(19,20)14-4-5-16(23-3)15(17)9-14/h4-9,18H,10H2,1-3H3. The van der Waals surface area contributed by atoms with Gasteiger partial charge < -0.3 is 14.2 Å². The van der Waals surface area contributed by atoms with E-state index in [0.717, 1.165) is 0 Å². The van der Waals surface area contributed by atoms with Crippen LogP contribution in [0.15, 0.2) is 41.3 Å². The number of ether oxygens (including phenoxy) is 3. The first-order valence-electron chi connectivity index (χ1n) is 6.94. The molecule has 0 aliphatic heterocycles. The third-order valence-electron chi connectivity index (χ3n) is 3.31. The molecule has 0 spiro atoms. The van der Waals surface area contributed by atoms with E-state index in [1.165, 1.54) is 39.5 Å². The minimum Gasteiger partial charge on any atom is -0.497 e. The van der Waals surface area contributed by atoms with Gasteiger partial charge in [0.2, 0.25) is 10.0 Å². The molecule has 0 saturated heterocycles. The van der Waals surface area contributed by atoms with E-state index in [-0.39, 0.29) is 16.5 Å². The van der Waals surface area contributed by atoms with Crippen LogP contribution < -0.4 is 18.9 Å². The Labute approximate surface area is 146 Å². The van der Waals surface area contributed by atoms with Crippen LogP contribution in [0.2, 0.25) is 5.02 Å². The fourth-order valence-corrected chi connectivity index (χ4v) is 3.41. The number of halogens is 1. The summed E-state index contributed by atoms with van der Waals surface area (Å²) in [5, 5.41) is 0.225. The van der Waals surface area contributed by atoms with E-state index in [4.69, 9.17) is 25.8 Å². The van der Waals surface area contributed by atoms with Gasteiger partial charge in [0.25, 0.3) is 0 Å². The van der Waals surface area contributed by atoms with Gasteiger partial charge in [-0.1, -0.05) is 11.6 Å². The summed E-state index contributed by atoms with van der Waals surface area (Å²) in [6.07, 6.45) is 0. The molecule has 0 unspecified atom stereocenters. The Balaban J connectivity index is 2.20. The maximum absolute atomic E-state index is 12.4. The topological polar surface area (TPSA) is 73.9 Å². The first-order valence-corrected chi connectivity index (χ1v) is 8.81. The molecule has 0 bridgehead atoms. The molecule has 2 rings (SSSR count). The van der Waals surface area contributed by atoms with Crippen molar-refractivity contribution in [2.45, 2.75) is 11.4 Å². The minimum absolute atomic E-state index is 0.0585. The van der Waals surface area contributed by atoms with Gasteiger partial charge in [0, 0.05) is 12.6 Å². The van der Waals surface area contributed by atoms with E-state index in [1.807, 2.05) is 0 Å². The molecule has 1 N–H and O–H groups in total. The highest BCUT2D eigenvalue weighted by Gasteiger charge is 2.16. The van der Waals surface area contributed by atoms with Gasteiger partial charge in [-0.25, -0.2) is 13.1 Å². The average Bonchev–Trinajstić information content (AvgIpc) is 2.59. The van der Waals surface area contributed by atoms with Gasteiger partial charge in [0.05, 0.1) is 31.2 Å². The fourth-order valence-electron chi connectivity index (χ4n) is 2.04. The second-order valence-corrected chi connectivity index (χ2v) is 7.02. The van der Waals surface area contributed by atoms with Crippen molar-refractivity contribution in [1.29, 1.82) is 0 Å². The quantitative estimate of drug-likeness (QED) is 0.810. The molecule has 0 aliphatic rings. The fraction of sp³-hybridized carbons (Fsp3) is 0.250. The smallest absolute Gasteiger partial charge is 0.240 e. The van der Waals surface area contributed by atoms with Crippen molar-refractivity contribution in [3.05, 3.63) is 47.0 Å². The monoisotopic (exact) mass is 371 g/mol. The summed E-state index contributed by atoms with van der Waals surface area (Å²) in [6, 6.07) is 9.44. The Hall–Kier alpha value is -1.96. The van der Waals surface area contributed by atoms with Crippen LogP contribution in [0.3, 0.4) is 0 Å². The van der Waals surface area contributed by atoms with Crippen molar-refractivity contribution < 1.29 is 22.6 Å². The van der Waals surface area contributed by atoms with Gasteiger partial charge >= 0.3 is 0 Å². The lowest BCUT2D eigenvalue weighted by atomic mass is 10.2. The highest BCUT2D eigenvalue weighted by Crippen LogP contribution is 2.27. The third-order valence-corrected chi connectivity index (χ3v) is 5.01. The molecule has 0 amide bonds. The molecular formula is C16H18ClNO5S. The van der Waals surface area contributed by atoms with Crippen LogP contribution in [-0.2, 0) is 16.6 Å². The Morgan fingerprint density at radius 3 is 2.08 bits per heavy atom. The van der Waals surface area contributed by atoms with Crippen molar-refractivity contribution in [2.75, 3.05) is 21.3 Å². The summed E-state index contributed by atoms with van der Waals surface area (Å²) in [7, 11) is 0.805. The van der Waals surface area contributed by atoms with E-state index in [2.05, 4.69) is 4.72 Å². The van der Waals surface area contributed by atoms with Gasteiger partial charge in [-0.15, -0.1) is 0 Å². The maximum Gasteiger partial charge on any atom is 0.240 e. The predicted molar refractivity (Wildman–Crippen MR) is 91.6 cm³/mol. The summed E-state index contributed by atoms with van der Waals surface area (Å²) in [6.45, 7) is 0.0829. The Morgan fingerprint density at radius 1 is 0.958 bits per heavy atom. The number of nitrogens with one attached hydrogen (secondary N) is 1. The Kier molecular flexibility index (Phi) is 5.93. The summed E-state index contributed by atoms with van der Waals surface area (Å²) >= 11 is 5.98. The Bertz CT molecular complexity index is 801. The Morgan fingerprint density at radius 2 is 1.58 bits per heavy atom. The minimum atomic E-state index is -3.72. The van der Waals surface area contributed by atoms with Crippen LogP contribution in [0.4, 0.5) is 0 Å². The zero-order chi connectivity index (χ0) is 17.7. The summed E-state index contributed by atoms with van der Waals surface area (Å²) < 4.78 is 42.7. The van der Waals surface area contributed by atoms with Crippen LogP contribution in [0.25, 0.3) is 0 Å². The largest absolute Gasteiger partial charge is 0.497 e. The molecule has 0 aliphatic carbocycles. The third kappa shape index (κ3) is 4.31. The van der Waals surface area contributed by atoms with E-state index >= 15 is 0 Å². The van der Waals surface area contributed by atoms with Gasteiger partial charge in [-0.05, 0) is 35.9 Å². The highest BCUT2D eigenvalue weighted by atomic mass is 35.5. The van der Waals surface area contributed by atoms with Crippen molar-refractivity contribution in [2.24, 2.45) is 0 Å². The molecule has 2 aromatic carbocycles. The number of rotatable bonds is 7. The molecular weight excluding hydrogens is 354 g/mol. The molecule has 0 heterocycles. The molecule has 24 heavy (non-hydrogen) atoms. The number of hydrogen-bond donors (Lipinski definition) is 1. The van der Waals surface area contributed by atoms with E-state index in [0.29, 0.717) is 22.8 Å². The predicted octanol–water partition coefficient (Wildman–Crippen LogP) is 2.84. The van der Waals surface area contributed by atoms with Gasteiger partial charge in [-0.3, -0.25) is 0 Å². The lowest BCUT2D eigenvalue weighted by molar-refractivity contribution is 0.393. The van der Waals surface area contributed by atoms with Gasteiger partial charge in [0.1, 0.15) is 17.2 Å². The zero-order valence-electron chi connectivity index (χ0n) is 13.5. The molecule has 6 nitrogen and oxygen atoms in total. The highest BCUT2D eigenvalue weighted by molar-refractivity contribution is 7.89. The normalized spacial score (nSPS) is 11.2. The van der Waals surface area contributed by atoms with Crippen LogP contribution in [0.5, 0.6) is 17.2 Å². The van der Waals surface area contributed by atoms with Crippen LogP contribution >= 0.6 is 11.6 Å². The van der Waals surface area contributed by atoms with Crippen molar-refractivity contribution in [3.8, 4) is 17.2 Å². The van der Waals surface area contributed by atoms with Gasteiger partial charge in [-0.2, -0.15) is 0 Å². The first-order chi connectivity index (χ1) is 11.4. The second kappa shape index (κ2) is 7.74. The zero-order valence-corrected chi connectivity index (χ0v) is 15.1. The van der Waals surface area contributed by atoms with Crippen LogP contribution in [-0.4, -0.2) is 29.7 Å². The van der Waals surface area contributed by atoms with Crippen molar-refractivity contribution in [1.82, 2.24) is 4.72 Å². The number of sulfonamides is 1. The number of hydrogen-bond acceptors (Lipinski definition) is 5. The number of methoxy groups -OCH3 is 3. The van der Waals surface area contributed by atoms with Crippen molar-refractivity contribution in [3.63, 3.8) is 0 Å². The first kappa shape index (κ1) is 18.4. The molecule has 2 aromatic rings. The molecule has 0 saturated carbocycles. The molecule has 130 valence electrons. The summed E-state index contributed by atoms with van der Waals surface area (Å²) in [5.41, 5.74) is 0.703. The molecule has 8 heteroatoms. The molecule has 0 radical (unpaired) electrons. The molecule has 0 atom stereocenters. The summed E-state index contributed by atoms with van der Waals surface area (Å²) in [4.78, 5) is 0.0585. The summed E-state index contributed by atoms with van der Waals surface area (Å²) in [5.74, 6) is 1.57. The van der Waals surface area contributed by atoms with Crippen molar-refractivity contribution >= 4 is 21.6 Å². The van der Waals surface area contributed by atoms with E-state index in [9.17, 15) is 8.42 Å². The lowest BCUT2D eigenvalue weighted by Gasteiger charge is -2.11. The van der Waals surface area contributed by atoms with E-state index < -0.39 is 10.0 Å². The average molecular weight is 372 g/mol. The lowest BCUT2D eigenvalue weighted by Crippen LogP contribution is -2.23. The second-order valence-electron chi connectivity index (χ2n) is 4.84. The number of benzene rings is 2. The van der Waals surface area contributed by atoms with Crippen LogP contribution in [0.1, 0.15) is 5.56 Å². The maximum atomic E-state index is 12.4. The SMILES string of the molecule is COc1cc(CNS(=O)(=O)c2ccc(OC)c(Cl)c2)cc(OC)c1. The van der Waals surface area contributed by atoms with Crippen LogP contribution in [0, 0.1) is 0 Å².